The van der Waals surface area contributed by atoms with Crippen molar-refractivity contribution in [3.8, 4) is 0 Å². The Morgan fingerprint density at radius 1 is 1.19 bits per heavy atom. The molecule has 1 saturated heterocycles. The average molecular weight is 383 g/mol. The fourth-order valence-electron chi connectivity index (χ4n) is 2.98. The van der Waals surface area contributed by atoms with Crippen molar-refractivity contribution in [2.24, 2.45) is 0 Å². The van der Waals surface area contributed by atoms with Crippen LogP contribution in [-0.4, -0.2) is 58.3 Å². The second kappa shape index (κ2) is 9.23. The van der Waals surface area contributed by atoms with Crippen molar-refractivity contribution >= 4 is 21.7 Å². The molecule has 7 nitrogen and oxygen atoms in total. The lowest BCUT2D eigenvalue weighted by molar-refractivity contribution is 0.179. The van der Waals surface area contributed by atoms with Crippen LogP contribution in [-0.2, 0) is 16.6 Å². The number of carbonyl (C=O) groups is 1. The highest BCUT2D eigenvalue weighted by atomic mass is 32.2. The molecule has 1 fully saturated rings. The van der Waals surface area contributed by atoms with Gasteiger partial charge in [-0.25, -0.2) is 17.9 Å². The summed E-state index contributed by atoms with van der Waals surface area (Å²) in [6, 6.07) is 7.88. The molecule has 0 radical (unpaired) electrons. The quantitative estimate of drug-likeness (QED) is 0.753. The second-order valence-corrected chi connectivity index (χ2v) is 8.79. The Labute approximate surface area is 156 Å². The molecule has 1 aromatic rings. The standard InChI is InChI=1S/C18H30N4O3S/c1-4-13-26(24,25)20-16-9-11-22(12-10-16)18(23)19-14-15-5-7-17(8-6-15)21(2)3/h5-8,16,20H,4,9-14H2,1-3H3,(H,19,23). The minimum Gasteiger partial charge on any atom is -0.378 e. The highest BCUT2D eigenvalue weighted by Crippen LogP contribution is 2.14. The fraction of sp³-hybridized carbons (Fsp3) is 0.611. The van der Waals surface area contributed by atoms with Crippen molar-refractivity contribution in [3.63, 3.8) is 0 Å². The highest BCUT2D eigenvalue weighted by molar-refractivity contribution is 7.89. The monoisotopic (exact) mass is 382 g/mol. The molecule has 2 amide bonds. The number of piperidine rings is 1. The number of carbonyl (C=O) groups excluding carboxylic acids is 1. The maximum Gasteiger partial charge on any atom is 0.317 e. The molecular weight excluding hydrogens is 352 g/mol. The number of hydrogen-bond acceptors (Lipinski definition) is 4. The van der Waals surface area contributed by atoms with E-state index in [1.807, 2.05) is 50.2 Å². The minimum absolute atomic E-state index is 0.0748. The molecule has 2 N–H and O–H groups in total. The Hall–Kier alpha value is -1.80. The smallest absolute Gasteiger partial charge is 0.317 e. The zero-order valence-electron chi connectivity index (χ0n) is 15.9. The van der Waals surface area contributed by atoms with E-state index in [-0.39, 0.29) is 17.8 Å². The molecule has 26 heavy (non-hydrogen) atoms. The molecule has 0 spiro atoms. The van der Waals surface area contributed by atoms with Gasteiger partial charge in [-0.05, 0) is 37.0 Å². The SMILES string of the molecule is CCCS(=O)(=O)NC1CCN(C(=O)NCc2ccc(N(C)C)cc2)CC1. The van der Waals surface area contributed by atoms with Crippen LogP contribution in [0.25, 0.3) is 0 Å². The minimum atomic E-state index is -3.20. The van der Waals surface area contributed by atoms with Gasteiger partial charge in [-0.3, -0.25) is 0 Å². The first-order valence-corrected chi connectivity index (χ1v) is 10.7. The lowest BCUT2D eigenvalue weighted by Crippen LogP contribution is -2.49. The van der Waals surface area contributed by atoms with E-state index in [0.717, 1.165) is 11.3 Å². The van der Waals surface area contributed by atoms with Crippen molar-refractivity contribution in [3.05, 3.63) is 29.8 Å². The average Bonchev–Trinajstić information content (AvgIpc) is 2.60. The van der Waals surface area contributed by atoms with E-state index in [0.29, 0.717) is 38.9 Å². The number of likely N-dealkylation sites (tertiary alicyclic amines) is 1. The van der Waals surface area contributed by atoms with Gasteiger partial charge in [0.15, 0.2) is 0 Å². The van der Waals surface area contributed by atoms with Gasteiger partial charge in [0.05, 0.1) is 5.75 Å². The Kier molecular flexibility index (Phi) is 7.28. The normalized spacial score (nSPS) is 15.7. The van der Waals surface area contributed by atoms with E-state index in [4.69, 9.17) is 0 Å². The molecule has 0 aromatic heterocycles. The first kappa shape index (κ1) is 20.5. The Bertz CT molecular complexity index is 681. The van der Waals surface area contributed by atoms with E-state index in [1.54, 1.807) is 4.90 Å². The molecule has 0 unspecified atom stereocenters. The molecule has 1 aliphatic heterocycles. The van der Waals surface area contributed by atoms with E-state index < -0.39 is 10.0 Å². The van der Waals surface area contributed by atoms with Gasteiger partial charge < -0.3 is 15.1 Å². The van der Waals surface area contributed by atoms with Crippen LogP contribution in [0.5, 0.6) is 0 Å². The predicted octanol–water partition coefficient (Wildman–Crippen LogP) is 1.76. The molecule has 0 aliphatic carbocycles. The first-order valence-electron chi connectivity index (χ1n) is 9.10. The van der Waals surface area contributed by atoms with Crippen LogP contribution in [0, 0.1) is 0 Å². The maximum atomic E-state index is 12.3. The number of nitrogens with one attached hydrogen (secondary N) is 2. The summed E-state index contributed by atoms with van der Waals surface area (Å²) in [5.74, 6) is 0.153. The third-order valence-corrected chi connectivity index (χ3v) is 6.14. The summed E-state index contributed by atoms with van der Waals surface area (Å²) in [4.78, 5) is 16.1. The molecule has 1 aliphatic rings. The topological polar surface area (TPSA) is 81.8 Å². The lowest BCUT2D eigenvalue weighted by Gasteiger charge is -2.32. The lowest BCUT2D eigenvalue weighted by atomic mass is 10.1. The molecule has 1 aromatic carbocycles. The second-order valence-electron chi connectivity index (χ2n) is 6.92. The van der Waals surface area contributed by atoms with Gasteiger partial charge in [-0.1, -0.05) is 19.1 Å². The van der Waals surface area contributed by atoms with E-state index in [1.165, 1.54) is 0 Å². The van der Waals surface area contributed by atoms with Crippen LogP contribution >= 0.6 is 0 Å². The van der Waals surface area contributed by atoms with Crippen molar-refractivity contribution in [2.45, 2.75) is 38.8 Å². The Morgan fingerprint density at radius 2 is 1.81 bits per heavy atom. The fourth-order valence-corrected chi connectivity index (χ4v) is 4.38. The molecule has 0 saturated carbocycles. The zero-order chi connectivity index (χ0) is 19.2. The zero-order valence-corrected chi connectivity index (χ0v) is 16.7. The van der Waals surface area contributed by atoms with Crippen LogP contribution in [0.2, 0.25) is 0 Å². The van der Waals surface area contributed by atoms with Gasteiger partial charge in [-0.15, -0.1) is 0 Å². The molecule has 0 bridgehead atoms. The van der Waals surface area contributed by atoms with Crippen molar-refractivity contribution < 1.29 is 13.2 Å². The first-order chi connectivity index (χ1) is 12.3. The Balaban J connectivity index is 1.76. The summed E-state index contributed by atoms with van der Waals surface area (Å²) >= 11 is 0. The number of nitrogens with zero attached hydrogens (tertiary/aromatic N) is 2. The maximum absolute atomic E-state index is 12.3. The summed E-state index contributed by atoms with van der Waals surface area (Å²) in [7, 11) is 0.780. The predicted molar refractivity (Wildman–Crippen MR) is 105 cm³/mol. The van der Waals surface area contributed by atoms with Gasteiger partial charge >= 0.3 is 6.03 Å². The van der Waals surface area contributed by atoms with Crippen molar-refractivity contribution in [1.29, 1.82) is 0 Å². The van der Waals surface area contributed by atoms with Crippen LogP contribution in [0.15, 0.2) is 24.3 Å². The summed E-state index contributed by atoms with van der Waals surface area (Å²) in [5.41, 5.74) is 2.17. The number of urea groups is 1. The number of rotatable bonds is 7. The molecule has 8 heteroatoms. The number of sulfonamides is 1. The molecule has 1 heterocycles. The number of hydrogen-bond donors (Lipinski definition) is 2. The molecular formula is C18H30N4O3S. The van der Waals surface area contributed by atoms with Gasteiger partial charge in [0.1, 0.15) is 0 Å². The summed E-state index contributed by atoms with van der Waals surface area (Å²) in [6.45, 7) is 3.45. The van der Waals surface area contributed by atoms with Crippen molar-refractivity contribution in [1.82, 2.24) is 14.9 Å². The van der Waals surface area contributed by atoms with E-state index in [9.17, 15) is 13.2 Å². The van der Waals surface area contributed by atoms with E-state index >= 15 is 0 Å². The third kappa shape index (κ3) is 6.17. The largest absolute Gasteiger partial charge is 0.378 e. The highest BCUT2D eigenvalue weighted by Gasteiger charge is 2.25. The Morgan fingerprint density at radius 3 is 2.35 bits per heavy atom. The summed E-state index contributed by atoms with van der Waals surface area (Å²) < 4.78 is 26.4. The molecule has 2 rings (SSSR count). The molecule has 0 atom stereocenters. The molecule has 146 valence electrons. The van der Waals surface area contributed by atoms with Gasteiger partial charge in [0.2, 0.25) is 10.0 Å². The van der Waals surface area contributed by atoms with E-state index in [2.05, 4.69) is 10.0 Å². The van der Waals surface area contributed by atoms with Crippen molar-refractivity contribution in [2.75, 3.05) is 37.8 Å². The summed E-state index contributed by atoms with van der Waals surface area (Å²) in [5, 5.41) is 2.94. The summed E-state index contributed by atoms with van der Waals surface area (Å²) in [6.07, 6.45) is 1.90. The van der Waals surface area contributed by atoms with Gasteiger partial charge in [-0.2, -0.15) is 0 Å². The number of amides is 2. The van der Waals surface area contributed by atoms with Crippen LogP contribution < -0.4 is 14.9 Å². The van der Waals surface area contributed by atoms with Crippen LogP contribution in [0.3, 0.4) is 0 Å². The van der Waals surface area contributed by atoms with Gasteiger partial charge in [0.25, 0.3) is 0 Å². The van der Waals surface area contributed by atoms with Crippen LogP contribution in [0.4, 0.5) is 10.5 Å². The number of benzene rings is 1. The van der Waals surface area contributed by atoms with Crippen LogP contribution in [0.1, 0.15) is 31.7 Å². The van der Waals surface area contributed by atoms with Gasteiger partial charge in [0, 0.05) is 45.5 Å². The number of anilines is 1. The third-order valence-electron chi connectivity index (χ3n) is 4.50.